The van der Waals surface area contributed by atoms with E-state index in [9.17, 15) is 13.2 Å². The molecule has 0 amide bonds. The van der Waals surface area contributed by atoms with Crippen LogP contribution < -0.4 is 0 Å². The summed E-state index contributed by atoms with van der Waals surface area (Å²) in [5, 5.41) is 0. The number of likely N-dealkylation sites (tertiary alicyclic amines) is 1. The number of halogens is 3. The fourth-order valence-corrected chi connectivity index (χ4v) is 1.81. The van der Waals surface area contributed by atoms with E-state index in [-0.39, 0.29) is 12.8 Å². The van der Waals surface area contributed by atoms with Crippen LogP contribution in [0.4, 0.5) is 13.2 Å². The van der Waals surface area contributed by atoms with Crippen molar-refractivity contribution >= 4 is 0 Å². The zero-order valence-corrected chi connectivity index (χ0v) is 8.80. The molecule has 1 aliphatic rings. The van der Waals surface area contributed by atoms with Crippen LogP contribution in [0.15, 0.2) is 18.2 Å². The van der Waals surface area contributed by atoms with E-state index < -0.39 is 11.9 Å². The van der Waals surface area contributed by atoms with Crippen LogP contribution in [0, 0.1) is 5.95 Å². The molecule has 0 N–H and O–H groups in total. The molecule has 0 spiro atoms. The van der Waals surface area contributed by atoms with Crippen molar-refractivity contribution in [2.24, 2.45) is 0 Å². The van der Waals surface area contributed by atoms with Gasteiger partial charge in [-0.15, -0.1) is 0 Å². The number of pyridine rings is 1. The lowest BCUT2D eigenvalue weighted by atomic mass is 10.1. The van der Waals surface area contributed by atoms with E-state index in [4.69, 9.17) is 0 Å². The highest BCUT2D eigenvalue weighted by Crippen LogP contribution is 2.28. The van der Waals surface area contributed by atoms with Gasteiger partial charge >= 0.3 is 0 Å². The molecule has 16 heavy (non-hydrogen) atoms. The normalized spacial score (nSPS) is 20.9. The fourth-order valence-electron chi connectivity index (χ4n) is 1.81. The molecular formula is C11H13F3N2. The summed E-state index contributed by atoms with van der Waals surface area (Å²) in [6, 6.07) is 4.56. The van der Waals surface area contributed by atoms with E-state index in [1.807, 2.05) is 4.90 Å². The summed E-state index contributed by atoms with van der Waals surface area (Å²) < 4.78 is 38.6. The number of aromatic nitrogens is 1. The summed E-state index contributed by atoms with van der Waals surface area (Å²) in [5.74, 6) is -3.06. The number of hydrogen-bond donors (Lipinski definition) is 0. The third-order valence-corrected chi connectivity index (χ3v) is 2.75. The predicted molar refractivity (Wildman–Crippen MR) is 53.7 cm³/mol. The molecule has 1 aliphatic heterocycles. The molecule has 2 nitrogen and oxygen atoms in total. The maximum Gasteiger partial charge on any atom is 0.250 e. The number of hydrogen-bond acceptors (Lipinski definition) is 2. The SMILES string of the molecule is Fc1cccc(CN2CCC(F)(F)CC2)n1. The lowest BCUT2D eigenvalue weighted by Crippen LogP contribution is -2.39. The molecule has 2 rings (SSSR count). The molecule has 0 bridgehead atoms. The van der Waals surface area contributed by atoms with Gasteiger partial charge in [0.05, 0.1) is 5.69 Å². The summed E-state index contributed by atoms with van der Waals surface area (Å²) in [7, 11) is 0. The molecule has 1 aromatic rings. The predicted octanol–water partition coefficient (Wildman–Crippen LogP) is 2.45. The van der Waals surface area contributed by atoms with Crippen LogP contribution >= 0.6 is 0 Å². The van der Waals surface area contributed by atoms with Gasteiger partial charge in [0.1, 0.15) is 0 Å². The minimum atomic E-state index is -2.54. The van der Waals surface area contributed by atoms with E-state index in [1.54, 1.807) is 12.1 Å². The molecule has 1 fully saturated rings. The van der Waals surface area contributed by atoms with Gasteiger partial charge in [-0.3, -0.25) is 4.90 Å². The van der Waals surface area contributed by atoms with E-state index in [0.717, 1.165) is 0 Å². The highest BCUT2D eigenvalue weighted by molar-refractivity contribution is 5.04. The molecular weight excluding hydrogens is 217 g/mol. The Hall–Kier alpha value is -1.10. The zero-order valence-electron chi connectivity index (χ0n) is 8.80. The first-order valence-corrected chi connectivity index (χ1v) is 5.27. The quantitative estimate of drug-likeness (QED) is 0.725. The Balaban J connectivity index is 1.92. The Bertz CT molecular complexity index is 358. The Morgan fingerprint density at radius 2 is 1.94 bits per heavy atom. The average molecular weight is 230 g/mol. The van der Waals surface area contributed by atoms with Gasteiger partial charge in [-0.05, 0) is 12.1 Å². The Labute approximate surface area is 92.1 Å². The van der Waals surface area contributed by atoms with Gasteiger partial charge in [0.2, 0.25) is 5.95 Å². The molecule has 0 aromatic carbocycles. The highest BCUT2D eigenvalue weighted by Gasteiger charge is 2.33. The van der Waals surface area contributed by atoms with Crippen LogP contribution in [0.25, 0.3) is 0 Å². The molecule has 1 aromatic heterocycles. The third kappa shape index (κ3) is 2.95. The van der Waals surface area contributed by atoms with Crippen molar-refractivity contribution in [3.05, 3.63) is 29.8 Å². The van der Waals surface area contributed by atoms with Gasteiger partial charge in [-0.1, -0.05) is 6.07 Å². The van der Waals surface area contributed by atoms with Crippen LogP contribution in [-0.4, -0.2) is 28.9 Å². The topological polar surface area (TPSA) is 16.1 Å². The minimum Gasteiger partial charge on any atom is -0.297 e. The summed E-state index contributed by atoms with van der Waals surface area (Å²) in [6.45, 7) is 1.12. The zero-order chi connectivity index (χ0) is 11.6. The van der Waals surface area contributed by atoms with Crippen molar-refractivity contribution in [1.29, 1.82) is 0 Å². The van der Waals surface area contributed by atoms with E-state index in [1.165, 1.54) is 6.07 Å². The lowest BCUT2D eigenvalue weighted by molar-refractivity contribution is -0.0568. The van der Waals surface area contributed by atoms with Gasteiger partial charge in [-0.25, -0.2) is 13.8 Å². The van der Waals surface area contributed by atoms with Crippen LogP contribution in [0.5, 0.6) is 0 Å². The Morgan fingerprint density at radius 3 is 2.56 bits per heavy atom. The largest absolute Gasteiger partial charge is 0.297 e. The number of nitrogens with zero attached hydrogens (tertiary/aromatic N) is 2. The standard InChI is InChI=1S/C11H13F3N2/c12-10-3-1-2-9(15-10)8-16-6-4-11(13,14)5-7-16/h1-3H,4-8H2. The Morgan fingerprint density at radius 1 is 1.25 bits per heavy atom. The van der Waals surface area contributed by atoms with Crippen LogP contribution in [-0.2, 0) is 6.54 Å². The molecule has 0 unspecified atom stereocenters. The highest BCUT2D eigenvalue weighted by atomic mass is 19.3. The van der Waals surface area contributed by atoms with Crippen molar-refractivity contribution in [2.45, 2.75) is 25.3 Å². The number of alkyl halides is 2. The van der Waals surface area contributed by atoms with Crippen molar-refractivity contribution in [3.8, 4) is 0 Å². The second kappa shape index (κ2) is 4.41. The van der Waals surface area contributed by atoms with Crippen LogP contribution in [0.3, 0.4) is 0 Å². The van der Waals surface area contributed by atoms with E-state index in [0.29, 0.717) is 25.3 Å². The molecule has 0 saturated carbocycles. The second-order valence-electron chi connectivity index (χ2n) is 4.08. The smallest absolute Gasteiger partial charge is 0.250 e. The first-order valence-electron chi connectivity index (χ1n) is 5.27. The summed E-state index contributed by atoms with van der Waals surface area (Å²) in [4.78, 5) is 5.58. The number of piperidine rings is 1. The fraction of sp³-hybridized carbons (Fsp3) is 0.545. The average Bonchev–Trinajstić information content (AvgIpc) is 2.21. The van der Waals surface area contributed by atoms with Crippen molar-refractivity contribution in [1.82, 2.24) is 9.88 Å². The third-order valence-electron chi connectivity index (χ3n) is 2.75. The maximum atomic E-state index is 12.9. The summed E-state index contributed by atoms with van der Waals surface area (Å²) in [6.07, 6.45) is -0.245. The molecule has 2 heterocycles. The molecule has 1 saturated heterocycles. The summed E-state index contributed by atoms with van der Waals surface area (Å²) >= 11 is 0. The van der Waals surface area contributed by atoms with Gasteiger partial charge in [-0.2, -0.15) is 4.39 Å². The van der Waals surface area contributed by atoms with Gasteiger partial charge < -0.3 is 0 Å². The molecule has 88 valence electrons. The first-order chi connectivity index (χ1) is 7.55. The Kier molecular flexibility index (Phi) is 3.14. The monoisotopic (exact) mass is 230 g/mol. The van der Waals surface area contributed by atoms with Crippen LogP contribution in [0.2, 0.25) is 0 Å². The molecule has 0 aliphatic carbocycles. The molecule has 0 radical (unpaired) electrons. The van der Waals surface area contributed by atoms with E-state index in [2.05, 4.69) is 4.98 Å². The van der Waals surface area contributed by atoms with Crippen molar-refractivity contribution < 1.29 is 13.2 Å². The first kappa shape index (κ1) is 11.4. The summed E-state index contributed by atoms with van der Waals surface area (Å²) in [5.41, 5.74) is 0.588. The molecule has 5 heteroatoms. The minimum absolute atomic E-state index is 0.123. The van der Waals surface area contributed by atoms with Crippen molar-refractivity contribution in [3.63, 3.8) is 0 Å². The van der Waals surface area contributed by atoms with Crippen molar-refractivity contribution in [2.75, 3.05) is 13.1 Å². The van der Waals surface area contributed by atoms with Gasteiger partial charge in [0, 0.05) is 32.5 Å². The van der Waals surface area contributed by atoms with E-state index >= 15 is 0 Å². The van der Waals surface area contributed by atoms with Gasteiger partial charge in [0.15, 0.2) is 0 Å². The second-order valence-corrected chi connectivity index (χ2v) is 4.08. The number of rotatable bonds is 2. The van der Waals surface area contributed by atoms with Crippen LogP contribution in [0.1, 0.15) is 18.5 Å². The maximum absolute atomic E-state index is 12.9. The lowest BCUT2D eigenvalue weighted by Gasteiger charge is -2.31. The van der Waals surface area contributed by atoms with Gasteiger partial charge in [0.25, 0.3) is 5.92 Å². The molecule has 0 atom stereocenters.